The summed E-state index contributed by atoms with van der Waals surface area (Å²) in [4.78, 5) is 26.1. The molecule has 0 saturated heterocycles. The Morgan fingerprint density at radius 2 is 1.45 bits per heavy atom. The zero-order valence-electron chi connectivity index (χ0n) is 12.8. The van der Waals surface area contributed by atoms with Crippen molar-refractivity contribution in [3.05, 3.63) is 72.3 Å². The van der Waals surface area contributed by atoms with Crippen LogP contribution in [0.3, 0.4) is 0 Å². The van der Waals surface area contributed by atoms with E-state index in [0.29, 0.717) is 5.69 Å². The van der Waals surface area contributed by atoms with Gasteiger partial charge in [0.25, 0.3) is 5.91 Å². The second-order valence-electron chi connectivity index (χ2n) is 5.25. The zero-order valence-corrected chi connectivity index (χ0v) is 12.8. The Morgan fingerprint density at radius 3 is 2.00 bits per heavy atom. The summed E-state index contributed by atoms with van der Waals surface area (Å²) >= 11 is 0. The highest BCUT2D eigenvalue weighted by molar-refractivity contribution is 6.20. The first kappa shape index (κ1) is 15.7. The van der Waals surface area contributed by atoms with E-state index in [-0.39, 0.29) is 17.7 Å². The summed E-state index contributed by atoms with van der Waals surface area (Å²) < 4.78 is 0. The molecular formula is C19H19NO2. The molecule has 0 fully saturated rings. The van der Waals surface area contributed by atoms with Gasteiger partial charge in [0, 0.05) is 12.0 Å². The fraction of sp³-hybridized carbons (Fsp3) is 0.158. The van der Waals surface area contributed by atoms with Crippen molar-refractivity contribution in [2.45, 2.75) is 13.8 Å². The van der Waals surface area contributed by atoms with Crippen LogP contribution >= 0.6 is 0 Å². The number of hydrogen-bond acceptors (Lipinski definition) is 2. The number of rotatable bonds is 4. The Balaban J connectivity index is 2.27. The summed E-state index contributed by atoms with van der Waals surface area (Å²) in [6.45, 7) is 3.57. The van der Waals surface area contributed by atoms with E-state index in [1.807, 2.05) is 48.5 Å². The van der Waals surface area contributed by atoms with Crippen LogP contribution in [-0.2, 0) is 9.59 Å². The van der Waals surface area contributed by atoms with Gasteiger partial charge < -0.3 is 0 Å². The molecule has 0 unspecified atom stereocenters. The molecule has 2 aromatic rings. The minimum atomic E-state index is -0.339. The summed E-state index contributed by atoms with van der Waals surface area (Å²) in [5, 5.41) is 0. The SMILES string of the molecule is CC(C)C(=O)N(C(=O)/C=C/c1ccccc1)c1ccccc1. The maximum absolute atomic E-state index is 12.5. The molecule has 0 N–H and O–H groups in total. The lowest BCUT2D eigenvalue weighted by atomic mass is 10.1. The van der Waals surface area contributed by atoms with Crippen molar-refractivity contribution in [1.29, 1.82) is 0 Å². The van der Waals surface area contributed by atoms with Crippen LogP contribution < -0.4 is 4.90 Å². The number of carbonyl (C=O) groups excluding carboxylic acids is 2. The highest BCUT2D eigenvalue weighted by Gasteiger charge is 2.23. The van der Waals surface area contributed by atoms with E-state index < -0.39 is 0 Å². The van der Waals surface area contributed by atoms with Crippen molar-refractivity contribution < 1.29 is 9.59 Å². The Labute approximate surface area is 130 Å². The van der Waals surface area contributed by atoms with Crippen LogP contribution in [-0.4, -0.2) is 11.8 Å². The molecule has 3 nitrogen and oxygen atoms in total. The van der Waals surface area contributed by atoms with Gasteiger partial charge >= 0.3 is 0 Å². The first-order chi connectivity index (χ1) is 10.6. The molecule has 0 aliphatic rings. The summed E-state index contributed by atoms with van der Waals surface area (Å²) in [7, 11) is 0. The van der Waals surface area contributed by atoms with E-state index in [1.54, 1.807) is 32.1 Å². The molecule has 0 spiro atoms. The van der Waals surface area contributed by atoms with E-state index >= 15 is 0 Å². The van der Waals surface area contributed by atoms with Gasteiger partial charge in [-0.25, -0.2) is 4.90 Å². The first-order valence-corrected chi connectivity index (χ1v) is 7.25. The number of benzene rings is 2. The minimum Gasteiger partial charge on any atom is -0.274 e. The first-order valence-electron chi connectivity index (χ1n) is 7.25. The average molecular weight is 293 g/mol. The Hall–Kier alpha value is -2.68. The Morgan fingerprint density at radius 1 is 0.909 bits per heavy atom. The van der Waals surface area contributed by atoms with E-state index in [1.165, 1.54) is 11.0 Å². The number of para-hydroxylation sites is 1. The van der Waals surface area contributed by atoms with Crippen LogP contribution in [0.15, 0.2) is 66.7 Å². The number of imide groups is 1. The van der Waals surface area contributed by atoms with Gasteiger partial charge in [-0.3, -0.25) is 9.59 Å². The number of anilines is 1. The van der Waals surface area contributed by atoms with Gasteiger partial charge in [-0.15, -0.1) is 0 Å². The van der Waals surface area contributed by atoms with Gasteiger partial charge in [-0.1, -0.05) is 62.4 Å². The fourth-order valence-corrected chi connectivity index (χ4v) is 2.00. The minimum absolute atomic E-state index is 0.214. The molecule has 0 saturated carbocycles. The smallest absolute Gasteiger partial charge is 0.257 e. The van der Waals surface area contributed by atoms with Crippen LogP contribution in [0.5, 0.6) is 0 Å². The second kappa shape index (κ2) is 7.36. The van der Waals surface area contributed by atoms with E-state index in [9.17, 15) is 9.59 Å². The maximum Gasteiger partial charge on any atom is 0.257 e. The fourth-order valence-electron chi connectivity index (χ4n) is 2.00. The van der Waals surface area contributed by atoms with E-state index in [4.69, 9.17) is 0 Å². The van der Waals surface area contributed by atoms with Crippen molar-refractivity contribution >= 4 is 23.6 Å². The third kappa shape index (κ3) is 3.92. The van der Waals surface area contributed by atoms with Crippen molar-refractivity contribution in [3.8, 4) is 0 Å². The number of hydrogen-bond donors (Lipinski definition) is 0. The molecule has 0 aliphatic heterocycles. The predicted molar refractivity (Wildman–Crippen MR) is 89.2 cm³/mol. The second-order valence-corrected chi connectivity index (χ2v) is 5.25. The molecular weight excluding hydrogens is 274 g/mol. The summed E-state index contributed by atoms with van der Waals surface area (Å²) in [5.74, 6) is -0.808. The molecule has 22 heavy (non-hydrogen) atoms. The lowest BCUT2D eigenvalue weighted by Crippen LogP contribution is -2.38. The van der Waals surface area contributed by atoms with Crippen LogP contribution in [0.1, 0.15) is 19.4 Å². The molecule has 0 aromatic heterocycles. The number of amides is 2. The molecule has 2 rings (SSSR count). The molecule has 112 valence electrons. The van der Waals surface area contributed by atoms with Gasteiger partial charge in [0.2, 0.25) is 5.91 Å². The quantitative estimate of drug-likeness (QED) is 0.801. The third-order valence-corrected chi connectivity index (χ3v) is 3.17. The summed E-state index contributed by atoms with van der Waals surface area (Å²) in [6.07, 6.45) is 3.15. The van der Waals surface area contributed by atoms with Crippen LogP contribution in [0.25, 0.3) is 6.08 Å². The van der Waals surface area contributed by atoms with E-state index in [0.717, 1.165) is 5.56 Å². The van der Waals surface area contributed by atoms with Crippen LogP contribution in [0.4, 0.5) is 5.69 Å². The van der Waals surface area contributed by atoms with Crippen LogP contribution in [0, 0.1) is 5.92 Å². The molecule has 0 bridgehead atoms. The standard InChI is InChI=1S/C19H19NO2/c1-15(2)19(22)20(17-11-7-4-8-12-17)18(21)14-13-16-9-5-3-6-10-16/h3-15H,1-2H3/b14-13+. The van der Waals surface area contributed by atoms with Crippen molar-refractivity contribution in [2.24, 2.45) is 5.92 Å². The van der Waals surface area contributed by atoms with Crippen LogP contribution in [0.2, 0.25) is 0 Å². The van der Waals surface area contributed by atoms with Crippen molar-refractivity contribution in [3.63, 3.8) is 0 Å². The molecule has 0 radical (unpaired) electrons. The normalized spacial score (nSPS) is 10.9. The highest BCUT2D eigenvalue weighted by Crippen LogP contribution is 2.17. The molecule has 2 amide bonds. The molecule has 0 heterocycles. The Kier molecular flexibility index (Phi) is 5.26. The highest BCUT2D eigenvalue weighted by atomic mass is 16.2. The number of carbonyl (C=O) groups is 2. The summed E-state index contributed by atoms with van der Waals surface area (Å²) in [6, 6.07) is 18.5. The van der Waals surface area contributed by atoms with Crippen molar-refractivity contribution in [2.75, 3.05) is 4.90 Å². The summed E-state index contributed by atoms with van der Waals surface area (Å²) in [5.41, 5.74) is 1.50. The maximum atomic E-state index is 12.5. The Bertz CT molecular complexity index is 660. The molecule has 0 aliphatic carbocycles. The van der Waals surface area contributed by atoms with Gasteiger partial charge in [0.15, 0.2) is 0 Å². The van der Waals surface area contributed by atoms with Gasteiger partial charge in [0.05, 0.1) is 5.69 Å². The predicted octanol–water partition coefficient (Wildman–Crippen LogP) is 3.92. The lowest BCUT2D eigenvalue weighted by molar-refractivity contribution is -0.126. The monoisotopic (exact) mass is 293 g/mol. The van der Waals surface area contributed by atoms with Gasteiger partial charge in [0.1, 0.15) is 0 Å². The van der Waals surface area contributed by atoms with E-state index in [2.05, 4.69) is 0 Å². The van der Waals surface area contributed by atoms with Crippen molar-refractivity contribution in [1.82, 2.24) is 0 Å². The largest absolute Gasteiger partial charge is 0.274 e. The molecule has 2 aromatic carbocycles. The zero-order chi connectivity index (χ0) is 15.9. The lowest BCUT2D eigenvalue weighted by Gasteiger charge is -2.21. The molecule has 3 heteroatoms. The number of nitrogens with zero attached hydrogens (tertiary/aromatic N) is 1. The third-order valence-electron chi connectivity index (χ3n) is 3.17. The van der Waals surface area contributed by atoms with Gasteiger partial charge in [-0.2, -0.15) is 0 Å². The topological polar surface area (TPSA) is 37.4 Å². The molecule has 0 atom stereocenters. The average Bonchev–Trinajstić information content (AvgIpc) is 2.55. The van der Waals surface area contributed by atoms with Gasteiger partial charge in [-0.05, 0) is 23.8 Å².